The minimum absolute atomic E-state index is 0.111. The Morgan fingerprint density at radius 3 is 2.52 bits per heavy atom. The molecule has 0 spiro atoms. The molecule has 5 heteroatoms. The largest absolute Gasteiger partial charge is 0.497 e. The van der Waals surface area contributed by atoms with Gasteiger partial charge < -0.3 is 10.1 Å². The van der Waals surface area contributed by atoms with Crippen molar-refractivity contribution in [2.75, 3.05) is 13.7 Å². The molecule has 2 aromatic carbocycles. The van der Waals surface area contributed by atoms with Gasteiger partial charge >= 0.3 is 0 Å². The molecule has 0 saturated heterocycles. The molecule has 112 valence electrons. The van der Waals surface area contributed by atoms with E-state index >= 15 is 0 Å². The van der Waals surface area contributed by atoms with Gasteiger partial charge in [0.2, 0.25) is 0 Å². The summed E-state index contributed by atoms with van der Waals surface area (Å²) in [4.78, 5) is 0. The SMILES string of the molecule is COc1cccc(CCNCc2cc(F)c(F)cc2F)c1. The summed E-state index contributed by atoms with van der Waals surface area (Å²) in [5.41, 5.74) is 1.19. The van der Waals surface area contributed by atoms with Crippen molar-refractivity contribution in [2.24, 2.45) is 0 Å². The number of ether oxygens (including phenoxy) is 1. The molecular formula is C16H16F3NO. The average Bonchev–Trinajstić information content (AvgIpc) is 2.48. The summed E-state index contributed by atoms with van der Waals surface area (Å²) in [6.07, 6.45) is 0.725. The monoisotopic (exact) mass is 295 g/mol. The predicted molar refractivity (Wildman–Crippen MR) is 74.7 cm³/mol. The molecule has 0 radical (unpaired) electrons. The summed E-state index contributed by atoms with van der Waals surface area (Å²) in [6.45, 7) is 0.735. The van der Waals surface area contributed by atoms with E-state index in [0.29, 0.717) is 12.6 Å². The fraction of sp³-hybridized carbons (Fsp3) is 0.250. The highest BCUT2D eigenvalue weighted by Crippen LogP contribution is 2.14. The zero-order chi connectivity index (χ0) is 15.2. The van der Waals surface area contributed by atoms with Gasteiger partial charge in [-0.05, 0) is 36.7 Å². The van der Waals surface area contributed by atoms with E-state index < -0.39 is 17.5 Å². The van der Waals surface area contributed by atoms with Crippen LogP contribution in [0.3, 0.4) is 0 Å². The first-order valence-corrected chi connectivity index (χ1v) is 6.57. The van der Waals surface area contributed by atoms with E-state index in [9.17, 15) is 13.2 Å². The van der Waals surface area contributed by atoms with Gasteiger partial charge in [-0.2, -0.15) is 0 Å². The molecule has 0 bridgehead atoms. The zero-order valence-electron chi connectivity index (χ0n) is 11.6. The lowest BCUT2D eigenvalue weighted by Crippen LogP contribution is -2.17. The smallest absolute Gasteiger partial charge is 0.161 e. The second-order valence-corrected chi connectivity index (χ2v) is 4.64. The van der Waals surface area contributed by atoms with Crippen LogP contribution in [0.1, 0.15) is 11.1 Å². The maximum atomic E-state index is 13.4. The van der Waals surface area contributed by atoms with Crippen molar-refractivity contribution in [3.63, 3.8) is 0 Å². The second-order valence-electron chi connectivity index (χ2n) is 4.64. The van der Waals surface area contributed by atoms with Crippen molar-refractivity contribution < 1.29 is 17.9 Å². The van der Waals surface area contributed by atoms with Gasteiger partial charge in [-0.25, -0.2) is 13.2 Å². The van der Waals surface area contributed by atoms with Crippen LogP contribution in [-0.4, -0.2) is 13.7 Å². The van der Waals surface area contributed by atoms with E-state index in [1.807, 2.05) is 24.3 Å². The number of benzene rings is 2. The number of nitrogens with one attached hydrogen (secondary N) is 1. The zero-order valence-corrected chi connectivity index (χ0v) is 11.6. The minimum atomic E-state index is -1.17. The summed E-state index contributed by atoms with van der Waals surface area (Å²) in [6, 6.07) is 9.07. The first-order valence-electron chi connectivity index (χ1n) is 6.57. The fourth-order valence-electron chi connectivity index (χ4n) is 1.98. The predicted octanol–water partition coefficient (Wildman–Crippen LogP) is 3.44. The van der Waals surface area contributed by atoms with E-state index in [2.05, 4.69) is 5.32 Å². The summed E-state index contributed by atoms with van der Waals surface area (Å²) in [5, 5.41) is 3.01. The molecular weight excluding hydrogens is 279 g/mol. The third kappa shape index (κ3) is 4.23. The number of methoxy groups -OCH3 is 1. The Labute approximate surface area is 121 Å². The molecule has 2 rings (SSSR count). The van der Waals surface area contributed by atoms with E-state index in [0.717, 1.165) is 23.8 Å². The van der Waals surface area contributed by atoms with Crippen LogP contribution in [-0.2, 0) is 13.0 Å². The fourth-order valence-corrected chi connectivity index (χ4v) is 1.98. The van der Waals surface area contributed by atoms with Crippen molar-refractivity contribution in [3.05, 3.63) is 65.0 Å². The van der Waals surface area contributed by atoms with Crippen LogP contribution in [0.2, 0.25) is 0 Å². The topological polar surface area (TPSA) is 21.3 Å². The summed E-state index contributed by atoms with van der Waals surface area (Å²) < 4.78 is 44.4. The Balaban J connectivity index is 1.86. The summed E-state index contributed by atoms with van der Waals surface area (Å²) in [5.74, 6) is -2.18. The quantitative estimate of drug-likeness (QED) is 0.651. The normalized spacial score (nSPS) is 10.7. The van der Waals surface area contributed by atoms with Crippen molar-refractivity contribution in [1.82, 2.24) is 5.32 Å². The Morgan fingerprint density at radius 2 is 1.76 bits per heavy atom. The number of halogens is 3. The highest BCUT2D eigenvalue weighted by Gasteiger charge is 2.09. The van der Waals surface area contributed by atoms with Gasteiger partial charge in [0.1, 0.15) is 11.6 Å². The molecule has 0 amide bonds. The van der Waals surface area contributed by atoms with Gasteiger partial charge in [-0.3, -0.25) is 0 Å². The Morgan fingerprint density at radius 1 is 1.00 bits per heavy atom. The van der Waals surface area contributed by atoms with Crippen molar-refractivity contribution >= 4 is 0 Å². The maximum absolute atomic E-state index is 13.4. The van der Waals surface area contributed by atoms with Crippen LogP contribution in [0.4, 0.5) is 13.2 Å². The number of rotatable bonds is 6. The van der Waals surface area contributed by atoms with Crippen molar-refractivity contribution in [2.45, 2.75) is 13.0 Å². The molecule has 0 unspecified atom stereocenters. The lowest BCUT2D eigenvalue weighted by molar-refractivity contribution is 0.414. The lowest BCUT2D eigenvalue weighted by atomic mass is 10.1. The third-order valence-electron chi connectivity index (χ3n) is 3.13. The first kappa shape index (κ1) is 15.4. The Bertz CT molecular complexity index is 616. The van der Waals surface area contributed by atoms with Crippen LogP contribution in [0.15, 0.2) is 36.4 Å². The highest BCUT2D eigenvalue weighted by atomic mass is 19.2. The van der Waals surface area contributed by atoms with Gasteiger partial charge in [-0.15, -0.1) is 0 Å². The molecule has 0 atom stereocenters. The molecule has 21 heavy (non-hydrogen) atoms. The first-order chi connectivity index (χ1) is 10.1. The van der Waals surface area contributed by atoms with E-state index in [1.54, 1.807) is 7.11 Å². The summed E-state index contributed by atoms with van der Waals surface area (Å²) >= 11 is 0. The van der Waals surface area contributed by atoms with E-state index in [4.69, 9.17) is 4.74 Å². The van der Waals surface area contributed by atoms with Gasteiger partial charge in [0.25, 0.3) is 0 Å². The molecule has 2 nitrogen and oxygen atoms in total. The second kappa shape index (κ2) is 7.13. The third-order valence-corrected chi connectivity index (χ3v) is 3.13. The Kier molecular flexibility index (Phi) is 5.22. The van der Waals surface area contributed by atoms with Crippen LogP contribution in [0.25, 0.3) is 0 Å². The van der Waals surface area contributed by atoms with Crippen LogP contribution < -0.4 is 10.1 Å². The molecule has 0 aliphatic heterocycles. The molecule has 1 N–H and O–H groups in total. The van der Waals surface area contributed by atoms with Crippen LogP contribution in [0.5, 0.6) is 5.75 Å². The molecule has 0 aliphatic carbocycles. The average molecular weight is 295 g/mol. The number of hydrogen-bond acceptors (Lipinski definition) is 2. The van der Waals surface area contributed by atoms with Gasteiger partial charge in [0, 0.05) is 18.2 Å². The van der Waals surface area contributed by atoms with Crippen molar-refractivity contribution in [3.8, 4) is 5.75 Å². The molecule has 0 aliphatic rings. The molecule has 0 fully saturated rings. The lowest BCUT2D eigenvalue weighted by Gasteiger charge is -2.08. The van der Waals surface area contributed by atoms with E-state index in [1.165, 1.54) is 0 Å². The molecule has 0 heterocycles. The maximum Gasteiger partial charge on any atom is 0.161 e. The van der Waals surface area contributed by atoms with Crippen molar-refractivity contribution in [1.29, 1.82) is 0 Å². The highest BCUT2D eigenvalue weighted by molar-refractivity contribution is 5.28. The van der Waals surface area contributed by atoms with Crippen LogP contribution >= 0.6 is 0 Å². The van der Waals surface area contributed by atoms with Gasteiger partial charge in [0.15, 0.2) is 11.6 Å². The molecule has 0 aromatic heterocycles. The minimum Gasteiger partial charge on any atom is -0.497 e. The molecule has 0 saturated carbocycles. The van der Waals surface area contributed by atoms with Gasteiger partial charge in [-0.1, -0.05) is 12.1 Å². The summed E-state index contributed by atoms with van der Waals surface area (Å²) in [7, 11) is 1.60. The Hall–Kier alpha value is -2.01. The van der Waals surface area contributed by atoms with Crippen LogP contribution in [0, 0.1) is 17.5 Å². The molecule has 2 aromatic rings. The van der Waals surface area contributed by atoms with Gasteiger partial charge in [0.05, 0.1) is 7.11 Å². The number of hydrogen-bond donors (Lipinski definition) is 1. The van der Waals surface area contributed by atoms with E-state index in [-0.39, 0.29) is 12.1 Å². The standard InChI is InChI=1S/C16H16F3NO/c1-21-13-4-2-3-11(7-13)5-6-20-10-12-8-15(18)16(19)9-14(12)17/h2-4,7-9,20H,5-6,10H2,1H3.